The molecule has 0 radical (unpaired) electrons. The molecule has 6 rings (SSSR count). The van der Waals surface area contributed by atoms with Crippen LogP contribution in [-0.4, -0.2) is 41.1 Å². The van der Waals surface area contributed by atoms with Gasteiger partial charge >= 0.3 is 12.4 Å². The second-order valence-electron chi connectivity index (χ2n) is 10.6. The first-order valence-electron chi connectivity index (χ1n) is 13.2. The fraction of sp³-hybridized carbons (Fsp3) is 0.448. The van der Waals surface area contributed by atoms with E-state index in [1.807, 2.05) is 18.2 Å². The zero-order valence-corrected chi connectivity index (χ0v) is 22.8. The minimum atomic E-state index is -4.96. The van der Waals surface area contributed by atoms with E-state index < -0.39 is 29.4 Å². The third-order valence-electron chi connectivity index (χ3n) is 8.30. The van der Waals surface area contributed by atoms with E-state index in [-0.39, 0.29) is 22.8 Å². The summed E-state index contributed by atoms with van der Waals surface area (Å²) in [6.45, 7) is 3.90. The highest BCUT2D eigenvalue weighted by atomic mass is 32.1. The summed E-state index contributed by atoms with van der Waals surface area (Å²) in [7, 11) is 1.55. The molecule has 4 nitrogen and oxygen atoms in total. The quantitative estimate of drug-likeness (QED) is 0.236. The Labute approximate surface area is 233 Å². The molecule has 3 saturated heterocycles. The van der Waals surface area contributed by atoms with Crippen LogP contribution in [0.4, 0.5) is 32.0 Å². The van der Waals surface area contributed by atoms with Crippen LogP contribution in [0.25, 0.3) is 10.9 Å². The van der Waals surface area contributed by atoms with Crippen LogP contribution in [0.2, 0.25) is 0 Å². The molecule has 1 aromatic heterocycles. The summed E-state index contributed by atoms with van der Waals surface area (Å²) in [6.07, 6.45) is -5.34. The smallest absolute Gasteiger partial charge is 0.416 e. The second kappa shape index (κ2) is 10.8. The van der Waals surface area contributed by atoms with Crippen molar-refractivity contribution >= 4 is 33.8 Å². The lowest BCUT2D eigenvalue weighted by Gasteiger charge is -2.52. The van der Waals surface area contributed by atoms with E-state index >= 15 is 0 Å². The van der Waals surface area contributed by atoms with E-state index in [0.717, 1.165) is 43.3 Å². The molecule has 3 fully saturated rings. The number of nitrogens with zero attached hydrogens (tertiary/aromatic N) is 2. The van der Waals surface area contributed by atoms with Crippen LogP contribution in [-0.2, 0) is 12.4 Å². The van der Waals surface area contributed by atoms with Gasteiger partial charge in [-0.1, -0.05) is 25.6 Å². The van der Waals surface area contributed by atoms with Gasteiger partial charge in [0.2, 0.25) is 0 Å². The number of rotatable bonds is 6. The van der Waals surface area contributed by atoms with Gasteiger partial charge in [-0.15, -0.1) is 0 Å². The van der Waals surface area contributed by atoms with E-state index in [9.17, 15) is 26.3 Å². The van der Waals surface area contributed by atoms with Crippen molar-refractivity contribution in [3.63, 3.8) is 0 Å². The lowest BCUT2D eigenvalue weighted by Crippen LogP contribution is -2.56. The summed E-state index contributed by atoms with van der Waals surface area (Å²) >= 11 is 5.84. The van der Waals surface area contributed by atoms with E-state index in [1.54, 1.807) is 19.4 Å². The molecule has 3 aliphatic heterocycles. The zero-order valence-electron chi connectivity index (χ0n) is 21.9. The van der Waals surface area contributed by atoms with E-state index in [4.69, 9.17) is 17.0 Å². The van der Waals surface area contributed by atoms with Gasteiger partial charge in [0, 0.05) is 29.9 Å². The maximum absolute atomic E-state index is 13.6. The van der Waals surface area contributed by atoms with Crippen molar-refractivity contribution in [1.29, 1.82) is 0 Å². The Kier molecular flexibility index (Phi) is 7.73. The van der Waals surface area contributed by atoms with Gasteiger partial charge in [0.25, 0.3) is 0 Å². The van der Waals surface area contributed by atoms with Gasteiger partial charge in [0.1, 0.15) is 5.75 Å². The van der Waals surface area contributed by atoms with Gasteiger partial charge in [-0.2, -0.15) is 26.3 Å². The molecule has 0 spiro atoms. The minimum Gasteiger partial charge on any atom is -0.497 e. The van der Waals surface area contributed by atoms with Crippen LogP contribution in [0.1, 0.15) is 48.8 Å². The number of benzene rings is 2. The number of nitrogens with one attached hydrogen (secondary N) is 1. The van der Waals surface area contributed by atoms with Gasteiger partial charge in [0.15, 0.2) is 0 Å². The lowest BCUT2D eigenvalue weighted by molar-refractivity contribution is -0.143. The maximum Gasteiger partial charge on any atom is 0.416 e. The summed E-state index contributed by atoms with van der Waals surface area (Å²) < 4.78 is 86.7. The number of aromatic nitrogens is 1. The van der Waals surface area contributed by atoms with Crippen LogP contribution in [0.5, 0.6) is 5.75 Å². The molecule has 0 aliphatic carbocycles. The third-order valence-corrected chi connectivity index (χ3v) is 8.66. The van der Waals surface area contributed by atoms with Gasteiger partial charge in [-0.3, -0.25) is 9.88 Å². The van der Waals surface area contributed by atoms with Crippen molar-refractivity contribution in [2.24, 2.45) is 11.8 Å². The van der Waals surface area contributed by atoms with Gasteiger partial charge in [-0.05, 0) is 79.3 Å². The van der Waals surface area contributed by atoms with E-state index in [0.29, 0.717) is 35.2 Å². The number of methoxy groups -OCH3 is 1. The number of hydrogen-bond acceptors (Lipinski definition) is 4. The molecule has 3 aromatic rings. The van der Waals surface area contributed by atoms with Gasteiger partial charge in [-0.25, -0.2) is 0 Å². The van der Waals surface area contributed by atoms with Crippen LogP contribution >= 0.6 is 12.2 Å². The molecule has 0 saturated carbocycles. The predicted octanol–water partition coefficient (Wildman–Crippen LogP) is 7.92. The van der Waals surface area contributed by atoms with Crippen LogP contribution in [0.15, 0.2) is 48.7 Å². The molecule has 2 aromatic carbocycles. The molecular formula is C29H29F6N3OS. The standard InChI is InChI=1S/C29H29F6N3OS/c1-3-16-15-38-9-7-17(16)10-25(38)26(22-6-8-36-24-5-4-21(39-2)14-23(22)24)27(40)37-20-12-18(28(30,31)32)11-19(13-20)29(33,34)35/h4-6,8,11-14,16-17,25-26H,3,7,9-10,15H2,1-2H3,(H,37,40)/t16-,17-,25+,26?/m0/s1. The van der Waals surface area contributed by atoms with Crippen LogP contribution in [0.3, 0.4) is 0 Å². The van der Waals surface area contributed by atoms with Crippen LogP contribution < -0.4 is 10.1 Å². The van der Waals surface area contributed by atoms with Crippen molar-refractivity contribution in [3.05, 3.63) is 65.4 Å². The minimum absolute atomic E-state index is 0.0776. The van der Waals surface area contributed by atoms with E-state index in [1.165, 1.54) is 0 Å². The number of thiocarbonyl (C=S) groups is 1. The molecule has 4 heterocycles. The molecule has 2 bridgehead atoms. The summed E-state index contributed by atoms with van der Waals surface area (Å²) in [5, 5.41) is 3.56. The Morgan fingerprint density at radius 3 is 2.35 bits per heavy atom. The summed E-state index contributed by atoms with van der Waals surface area (Å²) in [6, 6.07) is 8.65. The van der Waals surface area contributed by atoms with Crippen molar-refractivity contribution < 1.29 is 31.1 Å². The fourth-order valence-electron chi connectivity index (χ4n) is 6.30. The molecule has 1 N–H and O–H groups in total. The topological polar surface area (TPSA) is 37.4 Å². The fourth-order valence-corrected chi connectivity index (χ4v) is 6.71. The SMILES string of the molecule is CC[C@H]1CN2CC[C@H]1C[C@@H]2C(C(=S)Nc1cc(C(F)(F)F)cc(C(F)(F)F)c1)c1ccnc2ccc(OC)cc12. The molecular weight excluding hydrogens is 552 g/mol. The Morgan fingerprint density at radius 1 is 1.07 bits per heavy atom. The molecule has 2 unspecified atom stereocenters. The number of hydrogen-bond donors (Lipinski definition) is 1. The normalized spacial score (nSPS) is 23.7. The van der Waals surface area contributed by atoms with Gasteiger partial charge < -0.3 is 10.1 Å². The highest BCUT2D eigenvalue weighted by Crippen LogP contribution is 2.45. The molecule has 11 heteroatoms. The lowest BCUT2D eigenvalue weighted by atomic mass is 9.70. The Bertz CT molecular complexity index is 1380. The molecule has 0 amide bonds. The predicted molar refractivity (Wildman–Crippen MR) is 146 cm³/mol. The monoisotopic (exact) mass is 581 g/mol. The summed E-state index contributed by atoms with van der Waals surface area (Å²) in [5.41, 5.74) is -1.65. The van der Waals surface area contributed by atoms with Crippen LogP contribution in [0, 0.1) is 11.8 Å². The summed E-state index contributed by atoms with van der Waals surface area (Å²) in [5.74, 6) is 1.11. The van der Waals surface area contributed by atoms with Crippen molar-refractivity contribution in [2.75, 3.05) is 25.5 Å². The highest BCUT2D eigenvalue weighted by molar-refractivity contribution is 7.80. The maximum atomic E-state index is 13.6. The Morgan fingerprint density at radius 2 is 1.77 bits per heavy atom. The third kappa shape index (κ3) is 5.63. The number of halogens is 6. The molecule has 214 valence electrons. The van der Waals surface area contributed by atoms with Crippen molar-refractivity contribution in [3.8, 4) is 5.75 Å². The Hall–Kier alpha value is -2.92. The number of fused-ring (bicyclic) bond motifs is 4. The first kappa shape index (κ1) is 28.6. The van der Waals surface area contributed by atoms with Crippen molar-refractivity contribution in [2.45, 2.75) is 50.5 Å². The first-order valence-corrected chi connectivity index (χ1v) is 13.6. The average Bonchev–Trinajstić information content (AvgIpc) is 2.92. The van der Waals surface area contributed by atoms with Gasteiger partial charge in [0.05, 0.1) is 34.7 Å². The number of ether oxygens (including phenoxy) is 1. The highest BCUT2D eigenvalue weighted by Gasteiger charge is 2.44. The second-order valence-corrected chi connectivity index (χ2v) is 11.0. The molecule has 40 heavy (non-hydrogen) atoms. The average molecular weight is 582 g/mol. The zero-order chi connectivity index (χ0) is 28.8. The largest absolute Gasteiger partial charge is 0.497 e. The number of alkyl halides is 6. The van der Waals surface area contributed by atoms with E-state index in [2.05, 4.69) is 22.1 Å². The molecule has 3 aliphatic rings. The number of piperidine rings is 3. The summed E-state index contributed by atoms with van der Waals surface area (Å²) in [4.78, 5) is 6.98. The first-order chi connectivity index (χ1) is 18.9. The Balaban J connectivity index is 1.60. The number of pyridine rings is 1. The van der Waals surface area contributed by atoms with Crippen molar-refractivity contribution in [1.82, 2.24) is 9.88 Å². The molecule has 5 atom stereocenters. The number of anilines is 1.